The second kappa shape index (κ2) is 5.25. The zero-order valence-corrected chi connectivity index (χ0v) is 11.8. The van der Waals surface area contributed by atoms with Gasteiger partial charge in [-0.05, 0) is 31.0 Å². The molecule has 0 heterocycles. The number of primary sulfonamides is 1. The molecule has 0 atom stereocenters. The number of nitrogens with one attached hydrogen (secondary N) is 1. The summed E-state index contributed by atoms with van der Waals surface area (Å²) in [5.41, 5.74) is 0.858. The Kier molecular flexibility index (Phi) is 4.36. The quantitative estimate of drug-likeness (QED) is 0.836. The average Bonchev–Trinajstić information content (AvgIpc) is 2.19. The van der Waals surface area contributed by atoms with Gasteiger partial charge in [0.25, 0.3) is 0 Å². The molecule has 0 unspecified atom stereocenters. The fourth-order valence-corrected chi connectivity index (χ4v) is 3.11. The summed E-state index contributed by atoms with van der Waals surface area (Å²) in [5, 5.41) is 4.99. The van der Waals surface area contributed by atoms with Crippen molar-refractivity contribution < 1.29 is 16.8 Å². The van der Waals surface area contributed by atoms with E-state index in [0.29, 0.717) is 12.0 Å². The van der Waals surface area contributed by atoms with Crippen LogP contribution in [0.25, 0.3) is 0 Å². The smallest absolute Gasteiger partial charge is 0.238 e. The highest BCUT2D eigenvalue weighted by molar-refractivity contribution is 7.92. The lowest BCUT2D eigenvalue weighted by atomic mass is 10.2. The molecule has 0 bridgehead atoms. The monoisotopic (exact) mass is 292 g/mol. The third-order valence-electron chi connectivity index (χ3n) is 2.28. The van der Waals surface area contributed by atoms with E-state index < -0.39 is 20.0 Å². The number of benzene rings is 1. The second-order valence-electron chi connectivity index (χ2n) is 3.94. The normalized spacial score (nSPS) is 12.4. The Balaban J connectivity index is 3.18. The van der Waals surface area contributed by atoms with E-state index in [9.17, 15) is 16.8 Å². The molecule has 0 aliphatic heterocycles. The van der Waals surface area contributed by atoms with Crippen LogP contribution in [0.5, 0.6) is 0 Å². The molecule has 0 saturated heterocycles. The highest BCUT2D eigenvalue weighted by Crippen LogP contribution is 2.20. The fraction of sp³-hybridized carbons (Fsp3) is 0.400. The zero-order valence-electron chi connectivity index (χ0n) is 10.2. The van der Waals surface area contributed by atoms with Gasteiger partial charge in [-0.25, -0.2) is 22.0 Å². The minimum Gasteiger partial charge on any atom is -0.283 e. The largest absolute Gasteiger partial charge is 0.283 e. The van der Waals surface area contributed by atoms with Crippen LogP contribution in [-0.2, 0) is 20.0 Å². The summed E-state index contributed by atoms with van der Waals surface area (Å²) in [5.74, 6) is -0.0218. The number of hydrogen-bond acceptors (Lipinski definition) is 4. The van der Waals surface area contributed by atoms with Crippen LogP contribution in [0.1, 0.15) is 18.9 Å². The lowest BCUT2D eigenvalue weighted by molar-refractivity contribution is 0.596. The Morgan fingerprint density at radius 1 is 1.22 bits per heavy atom. The summed E-state index contributed by atoms with van der Waals surface area (Å²) in [6.07, 6.45) is 0.475. The van der Waals surface area contributed by atoms with Gasteiger partial charge in [0.15, 0.2) is 0 Å². The van der Waals surface area contributed by atoms with E-state index in [4.69, 9.17) is 5.14 Å². The first-order chi connectivity index (χ1) is 8.15. The van der Waals surface area contributed by atoms with Gasteiger partial charge in [0.05, 0.1) is 16.3 Å². The predicted octanol–water partition coefficient (Wildman–Crippen LogP) is 0.794. The fourth-order valence-electron chi connectivity index (χ4n) is 1.38. The van der Waals surface area contributed by atoms with Gasteiger partial charge in [0.2, 0.25) is 20.0 Å². The Morgan fingerprint density at radius 3 is 2.33 bits per heavy atom. The molecule has 1 aromatic rings. The van der Waals surface area contributed by atoms with Crippen molar-refractivity contribution in [1.82, 2.24) is 0 Å². The van der Waals surface area contributed by atoms with Crippen molar-refractivity contribution in [2.24, 2.45) is 5.14 Å². The summed E-state index contributed by atoms with van der Waals surface area (Å²) in [6.45, 7) is 3.42. The van der Waals surface area contributed by atoms with E-state index in [1.165, 1.54) is 18.2 Å². The van der Waals surface area contributed by atoms with Crippen LogP contribution in [0.4, 0.5) is 5.69 Å². The van der Waals surface area contributed by atoms with Crippen LogP contribution in [0.15, 0.2) is 23.1 Å². The Morgan fingerprint density at radius 2 is 1.83 bits per heavy atom. The van der Waals surface area contributed by atoms with E-state index >= 15 is 0 Å². The molecule has 1 rings (SSSR count). The Bertz CT molecular complexity index is 636. The van der Waals surface area contributed by atoms with Crippen LogP contribution in [-0.4, -0.2) is 22.6 Å². The molecular weight excluding hydrogens is 276 g/mol. The number of hydrogen-bond donors (Lipinski definition) is 2. The molecule has 0 saturated carbocycles. The number of nitrogens with two attached hydrogens (primary N) is 1. The van der Waals surface area contributed by atoms with Crippen LogP contribution in [0.2, 0.25) is 0 Å². The molecule has 3 N–H and O–H groups in total. The highest BCUT2D eigenvalue weighted by Gasteiger charge is 2.14. The molecule has 0 aliphatic carbocycles. The standard InChI is InChI=1S/C10H16N2O4S2/c1-3-6-17(13,14)12-10-7-9(18(11,15)16)5-4-8(10)2/h4-5,7,12H,3,6H2,1-2H3,(H2,11,15,16). The first-order valence-corrected chi connectivity index (χ1v) is 8.49. The van der Waals surface area contributed by atoms with Crippen molar-refractivity contribution in [2.75, 3.05) is 10.5 Å². The molecule has 0 aliphatic rings. The summed E-state index contributed by atoms with van der Waals surface area (Å²) >= 11 is 0. The van der Waals surface area contributed by atoms with Crippen molar-refractivity contribution in [3.05, 3.63) is 23.8 Å². The molecule has 6 nitrogen and oxygen atoms in total. The second-order valence-corrected chi connectivity index (χ2v) is 7.35. The van der Waals surface area contributed by atoms with Crippen molar-refractivity contribution >= 4 is 25.7 Å². The van der Waals surface area contributed by atoms with Gasteiger partial charge in [-0.1, -0.05) is 13.0 Å². The Labute approximate surface area is 107 Å². The highest BCUT2D eigenvalue weighted by atomic mass is 32.2. The van der Waals surface area contributed by atoms with E-state index in [2.05, 4.69) is 4.72 Å². The molecule has 18 heavy (non-hydrogen) atoms. The van der Waals surface area contributed by atoms with Crippen molar-refractivity contribution in [3.8, 4) is 0 Å². The average molecular weight is 292 g/mol. The summed E-state index contributed by atoms with van der Waals surface area (Å²) in [6, 6.07) is 4.06. The van der Waals surface area contributed by atoms with Crippen LogP contribution < -0.4 is 9.86 Å². The molecule has 102 valence electrons. The minimum absolute atomic E-state index is 0.0218. The van der Waals surface area contributed by atoms with Gasteiger partial charge in [0, 0.05) is 0 Å². The Hall–Kier alpha value is -1.12. The molecule has 0 amide bonds. The molecule has 0 aromatic heterocycles. The molecular formula is C10H16N2O4S2. The topological polar surface area (TPSA) is 106 Å². The third-order valence-corrected chi connectivity index (χ3v) is 4.66. The molecule has 8 heteroatoms. The summed E-state index contributed by atoms with van der Waals surface area (Å²) in [4.78, 5) is -0.123. The van der Waals surface area contributed by atoms with E-state index in [-0.39, 0.29) is 16.3 Å². The first-order valence-electron chi connectivity index (χ1n) is 5.29. The number of anilines is 1. The maximum atomic E-state index is 11.6. The predicted molar refractivity (Wildman–Crippen MR) is 70.3 cm³/mol. The first kappa shape index (κ1) is 14.9. The third kappa shape index (κ3) is 3.97. The van der Waals surface area contributed by atoms with E-state index in [1.54, 1.807) is 13.8 Å². The van der Waals surface area contributed by atoms with Crippen LogP contribution in [0, 0.1) is 6.92 Å². The van der Waals surface area contributed by atoms with Gasteiger partial charge in [0.1, 0.15) is 0 Å². The van der Waals surface area contributed by atoms with E-state index in [1.807, 2.05) is 0 Å². The van der Waals surface area contributed by atoms with Crippen molar-refractivity contribution in [2.45, 2.75) is 25.2 Å². The maximum absolute atomic E-state index is 11.6. The van der Waals surface area contributed by atoms with Gasteiger partial charge < -0.3 is 0 Å². The summed E-state index contributed by atoms with van der Waals surface area (Å²) in [7, 11) is -7.30. The lowest BCUT2D eigenvalue weighted by Crippen LogP contribution is -2.18. The minimum atomic E-state index is -3.84. The molecule has 1 aromatic carbocycles. The molecule has 0 radical (unpaired) electrons. The summed E-state index contributed by atoms with van der Waals surface area (Å²) < 4.78 is 48.0. The zero-order chi connectivity index (χ0) is 14.0. The number of sulfonamides is 2. The van der Waals surface area contributed by atoms with Crippen LogP contribution >= 0.6 is 0 Å². The van der Waals surface area contributed by atoms with Crippen molar-refractivity contribution in [1.29, 1.82) is 0 Å². The maximum Gasteiger partial charge on any atom is 0.238 e. The van der Waals surface area contributed by atoms with Gasteiger partial charge in [-0.3, -0.25) is 4.72 Å². The molecule has 0 spiro atoms. The SMILES string of the molecule is CCCS(=O)(=O)Nc1cc(S(N)(=O)=O)ccc1C. The number of rotatable bonds is 5. The molecule has 0 fully saturated rings. The lowest BCUT2D eigenvalue weighted by Gasteiger charge is -2.11. The van der Waals surface area contributed by atoms with Crippen molar-refractivity contribution in [3.63, 3.8) is 0 Å². The van der Waals surface area contributed by atoms with Gasteiger partial charge in [-0.15, -0.1) is 0 Å². The number of aryl methyl sites for hydroxylation is 1. The van der Waals surface area contributed by atoms with Gasteiger partial charge >= 0.3 is 0 Å². The van der Waals surface area contributed by atoms with Gasteiger partial charge in [-0.2, -0.15) is 0 Å². The van der Waals surface area contributed by atoms with E-state index in [0.717, 1.165) is 0 Å². The van der Waals surface area contributed by atoms with Crippen LogP contribution in [0.3, 0.4) is 0 Å².